The van der Waals surface area contributed by atoms with Gasteiger partial charge in [0.2, 0.25) is 10.0 Å². The van der Waals surface area contributed by atoms with Crippen LogP contribution in [0.15, 0.2) is 29.2 Å². The van der Waals surface area contributed by atoms with Crippen LogP contribution >= 0.6 is 0 Å². The van der Waals surface area contributed by atoms with Crippen molar-refractivity contribution in [2.75, 3.05) is 0 Å². The number of rotatable bonds is 7. The number of esters is 1. The van der Waals surface area contributed by atoms with Crippen LogP contribution in [0, 0.1) is 5.82 Å². The van der Waals surface area contributed by atoms with E-state index in [1.807, 2.05) is 0 Å². The van der Waals surface area contributed by atoms with E-state index in [9.17, 15) is 22.4 Å². The SMILES string of the molecule is C[C@H](NS(=O)(=O)c1ccc(F)cc1)C(=O)O[C@H](C)C(=O)NC1CCCC1. The molecule has 1 aromatic rings. The van der Waals surface area contributed by atoms with Crippen LogP contribution in [-0.4, -0.2) is 38.5 Å². The number of benzene rings is 1. The van der Waals surface area contributed by atoms with Gasteiger partial charge in [0.25, 0.3) is 5.91 Å². The zero-order chi connectivity index (χ0) is 19.3. The van der Waals surface area contributed by atoms with E-state index in [2.05, 4.69) is 10.0 Å². The van der Waals surface area contributed by atoms with Crippen molar-refractivity contribution in [3.8, 4) is 0 Å². The van der Waals surface area contributed by atoms with Crippen LogP contribution in [0.3, 0.4) is 0 Å². The van der Waals surface area contributed by atoms with Gasteiger partial charge in [-0.1, -0.05) is 12.8 Å². The van der Waals surface area contributed by atoms with Gasteiger partial charge in [0, 0.05) is 6.04 Å². The van der Waals surface area contributed by atoms with Gasteiger partial charge >= 0.3 is 5.97 Å². The van der Waals surface area contributed by atoms with Crippen LogP contribution in [0.4, 0.5) is 4.39 Å². The summed E-state index contributed by atoms with van der Waals surface area (Å²) in [7, 11) is -4.01. The lowest BCUT2D eigenvalue weighted by molar-refractivity contribution is -0.156. The van der Waals surface area contributed by atoms with E-state index in [0.29, 0.717) is 0 Å². The topological polar surface area (TPSA) is 102 Å². The number of hydrogen-bond acceptors (Lipinski definition) is 5. The summed E-state index contributed by atoms with van der Waals surface area (Å²) in [5.41, 5.74) is 0. The van der Waals surface area contributed by atoms with Crippen molar-refractivity contribution < 1.29 is 27.1 Å². The number of nitrogens with one attached hydrogen (secondary N) is 2. The summed E-state index contributed by atoms with van der Waals surface area (Å²) in [6.45, 7) is 2.74. The first-order chi connectivity index (χ1) is 12.2. The van der Waals surface area contributed by atoms with E-state index in [1.54, 1.807) is 0 Å². The van der Waals surface area contributed by atoms with Gasteiger partial charge in [-0.2, -0.15) is 4.72 Å². The minimum absolute atomic E-state index is 0.0954. The number of sulfonamides is 1. The molecule has 0 bridgehead atoms. The second-order valence-corrected chi connectivity index (χ2v) is 8.08. The number of carbonyl (C=O) groups excluding carboxylic acids is 2. The lowest BCUT2D eigenvalue weighted by Crippen LogP contribution is -2.45. The molecule has 26 heavy (non-hydrogen) atoms. The highest BCUT2D eigenvalue weighted by atomic mass is 32.2. The van der Waals surface area contributed by atoms with Gasteiger partial charge in [-0.15, -0.1) is 0 Å². The summed E-state index contributed by atoms with van der Waals surface area (Å²) >= 11 is 0. The average molecular weight is 386 g/mol. The van der Waals surface area contributed by atoms with Crippen molar-refractivity contribution in [2.24, 2.45) is 0 Å². The van der Waals surface area contributed by atoms with Gasteiger partial charge in [-0.25, -0.2) is 12.8 Å². The minimum atomic E-state index is -4.01. The normalized spacial score (nSPS) is 17.5. The first-order valence-corrected chi connectivity index (χ1v) is 9.96. The van der Waals surface area contributed by atoms with Gasteiger partial charge in [0.05, 0.1) is 4.90 Å². The van der Waals surface area contributed by atoms with Crippen LogP contribution in [0.2, 0.25) is 0 Å². The third-order valence-corrected chi connectivity index (χ3v) is 5.73. The zero-order valence-electron chi connectivity index (χ0n) is 14.7. The number of hydrogen-bond donors (Lipinski definition) is 2. The van der Waals surface area contributed by atoms with Gasteiger partial charge in [-0.3, -0.25) is 9.59 Å². The van der Waals surface area contributed by atoms with Gasteiger partial charge < -0.3 is 10.1 Å². The van der Waals surface area contributed by atoms with Crippen molar-refractivity contribution in [3.05, 3.63) is 30.1 Å². The van der Waals surface area contributed by atoms with Crippen LogP contribution in [0.5, 0.6) is 0 Å². The van der Waals surface area contributed by atoms with Gasteiger partial charge in [0.15, 0.2) is 6.10 Å². The second-order valence-electron chi connectivity index (χ2n) is 6.37. The summed E-state index contributed by atoms with van der Waals surface area (Å²) < 4.78 is 44.5. The Morgan fingerprint density at radius 3 is 2.31 bits per heavy atom. The molecule has 144 valence electrons. The highest BCUT2D eigenvalue weighted by Gasteiger charge is 2.27. The Hall–Kier alpha value is -2.00. The average Bonchev–Trinajstić information content (AvgIpc) is 3.07. The Balaban J connectivity index is 1.89. The Kier molecular flexibility index (Phi) is 6.71. The maximum atomic E-state index is 12.9. The molecule has 0 spiro atoms. The van der Waals surface area contributed by atoms with E-state index >= 15 is 0 Å². The fourth-order valence-corrected chi connectivity index (χ4v) is 3.87. The second kappa shape index (κ2) is 8.59. The van der Waals surface area contributed by atoms with E-state index in [-0.39, 0.29) is 10.9 Å². The van der Waals surface area contributed by atoms with Crippen LogP contribution in [-0.2, 0) is 24.3 Å². The Morgan fingerprint density at radius 1 is 1.15 bits per heavy atom. The number of carbonyl (C=O) groups is 2. The van der Waals surface area contributed by atoms with Gasteiger partial charge in [-0.05, 0) is 51.0 Å². The number of ether oxygens (including phenoxy) is 1. The molecule has 7 nitrogen and oxygen atoms in total. The van der Waals surface area contributed by atoms with Crippen molar-refractivity contribution in [1.82, 2.24) is 10.0 Å². The lowest BCUT2D eigenvalue weighted by atomic mass is 10.2. The molecule has 0 saturated heterocycles. The molecular weight excluding hydrogens is 363 g/mol. The molecule has 1 fully saturated rings. The first-order valence-electron chi connectivity index (χ1n) is 8.48. The Bertz CT molecular complexity index is 745. The van der Waals surface area contributed by atoms with Crippen molar-refractivity contribution in [2.45, 2.75) is 62.6 Å². The third-order valence-electron chi connectivity index (χ3n) is 4.17. The summed E-state index contributed by atoms with van der Waals surface area (Å²) in [5, 5.41) is 2.81. The maximum absolute atomic E-state index is 12.9. The monoisotopic (exact) mass is 386 g/mol. The Labute approximate surface area is 152 Å². The predicted octanol–water partition coefficient (Wildman–Crippen LogP) is 1.48. The highest BCUT2D eigenvalue weighted by molar-refractivity contribution is 7.89. The van der Waals surface area contributed by atoms with Crippen LogP contribution in [0.25, 0.3) is 0 Å². The molecule has 2 atom stereocenters. The fraction of sp³-hybridized carbons (Fsp3) is 0.529. The first kappa shape index (κ1) is 20.3. The van der Waals surface area contributed by atoms with Gasteiger partial charge in [0.1, 0.15) is 11.9 Å². The summed E-state index contributed by atoms with van der Waals surface area (Å²) in [5.74, 6) is -1.85. The molecule has 0 unspecified atom stereocenters. The van der Waals surface area contributed by atoms with Crippen LogP contribution < -0.4 is 10.0 Å². The van der Waals surface area contributed by atoms with Crippen molar-refractivity contribution >= 4 is 21.9 Å². The standard InChI is InChI=1S/C17H23FN2O5S/c1-11(20-26(23,24)15-9-7-13(18)8-10-15)17(22)25-12(2)16(21)19-14-5-3-4-6-14/h7-12,14,20H,3-6H2,1-2H3,(H,19,21)/t11-,12+/m0/s1. The molecular formula is C17H23FN2O5S. The number of halogens is 1. The number of amides is 1. The molecule has 2 N–H and O–H groups in total. The molecule has 0 heterocycles. The maximum Gasteiger partial charge on any atom is 0.324 e. The molecule has 1 amide bonds. The molecule has 1 saturated carbocycles. The summed E-state index contributed by atoms with van der Waals surface area (Å²) in [4.78, 5) is 23.9. The van der Waals surface area contributed by atoms with Crippen molar-refractivity contribution in [1.29, 1.82) is 0 Å². The lowest BCUT2D eigenvalue weighted by Gasteiger charge is -2.19. The molecule has 1 aromatic carbocycles. The van der Waals surface area contributed by atoms with Crippen molar-refractivity contribution in [3.63, 3.8) is 0 Å². The minimum Gasteiger partial charge on any atom is -0.451 e. The molecule has 0 aromatic heterocycles. The summed E-state index contributed by atoms with van der Waals surface area (Å²) in [6, 6.07) is 3.09. The molecule has 0 aliphatic heterocycles. The predicted molar refractivity (Wildman–Crippen MR) is 92.1 cm³/mol. The van der Waals surface area contributed by atoms with E-state index < -0.39 is 39.9 Å². The summed E-state index contributed by atoms with van der Waals surface area (Å²) in [6.07, 6.45) is 2.89. The molecule has 1 aliphatic rings. The van der Waals surface area contributed by atoms with E-state index in [4.69, 9.17) is 4.74 Å². The fourth-order valence-electron chi connectivity index (χ4n) is 2.68. The third kappa shape index (κ3) is 5.50. The van der Waals surface area contributed by atoms with E-state index in [1.165, 1.54) is 13.8 Å². The van der Waals surface area contributed by atoms with E-state index in [0.717, 1.165) is 49.9 Å². The largest absolute Gasteiger partial charge is 0.451 e. The quantitative estimate of drug-likeness (QED) is 0.691. The smallest absolute Gasteiger partial charge is 0.324 e. The molecule has 2 rings (SSSR count). The molecule has 1 aliphatic carbocycles. The Morgan fingerprint density at radius 2 is 1.73 bits per heavy atom. The molecule has 9 heteroatoms. The highest BCUT2D eigenvalue weighted by Crippen LogP contribution is 2.18. The molecule has 0 radical (unpaired) electrons. The van der Waals surface area contributed by atoms with Crippen LogP contribution in [0.1, 0.15) is 39.5 Å². The zero-order valence-corrected chi connectivity index (χ0v) is 15.5.